The molecule has 8 heteroatoms. The highest BCUT2D eigenvalue weighted by Crippen LogP contribution is 2.44. The Hall–Kier alpha value is -3.39. The van der Waals surface area contributed by atoms with E-state index in [0.717, 1.165) is 35.1 Å². The number of rotatable bonds is 10. The quantitative estimate of drug-likeness (QED) is 0.536. The SMILES string of the molecule is CCCN(C(=O)C(CCC(=O)O)NC(=O)OCC1c2ccccc2-c2ccccc21)C1CCOC1. The van der Waals surface area contributed by atoms with Crippen molar-refractivity contribution in [3.05, 3.63) is 59.7 Å². The third-order valence-electron chi connectivity index (χ3n) is 6.67. The summed E-state index contributed by atoms with van der Waals surface area (Å²) < 4.78 is 11.0. The number of aliphatic carboxylic acids is 1. The minimum absolute atomic E-state index is 0.00778. The number of ether oxygens (including phenoxy) is 2. The molecule has 186 valence electrons. The molecule has 2 unspecified atom stereocenters. The predicted molar refractivity (Wildman–Crippen MR) is 130 cm³/mol. The van der Waals surface area contributed by atoms with Crippen LogP contribution in [0.5, 0.6) is 0 Å². The van der Waals surface area contributed by atoms with Crippen LogP contribution in [0.1, 0.15) is 49.7 Å². The summed E-state index contributed by atoms with van der Waals surface area (Å²) in [4.78, 5) is 39.1. The lowest BCUT2D eigenvalue weighted by molar-refractivity contribution is -0.138. The highest BCUT2D eigenvalue weighted by molar-refractivity contribution is 5.86. The first-order valence-electron chi connectivity index (χ1n) is 12.2. The lowest BCUT2D eigenvalue weighted by Gasteiger charge is -2.31. The summed E-state index contributed by atoms with van der Waals surface area (Å²) in [6.45, 7) is 3.64. The summed E-state index contributed by atoms with van der Waals surface area (Å²) in [7, 11) is 0. The normalized spacial score (nSPS) is 17.3. The number of carboxylic acids is 1. The zero-order chi connectivity index (χ0) is 24.8. The van der Waals surface area contributed by atoms with Crippen molar-refractivity contribution in [1.82, 2.24) is 10.2 Å². The van der Waals surface area contributed by atoms with Crippen LogP contribution in [0.15, 0.2) is 48.5 Å². The topological polar surface area (TPSA) is 105 Å². The van der Waals surface area contributed by atoms with E-state index in [4.69, 9.17) is 9.47 Å². The highest BCUT2D eigenvalue weighted by atomic mass is 16.5. The van der Waals surface area contributed by atoms with Crippen molar-refractivity contribution in [3.63, 3.8) is 0 Å². The lowest BCUT2D eigenvalue weighted by atomic mass is 9.98. The van der Waals surface area contributed by atoms with Crippen molar-refractivity contribution in [1.29, 1.82) is 0 Å². The van der Waals surface area contributed by atoms with Crippen LogP contribution in [0.2, 0.25) is 0 Å². The van der Waals surface area contributed by atoms with E-state index in [2.05, 4.69) is 17.4 Å². The van der Waals surface area contributed by atoms with Crippen LogP contribution in [0, 0.1) is 0 Å². The Morgan fingerprint density at radius 3 is 2.34 bits per heavy atom. The van der Waals surface area contributed by atoms with Crippen LogP contribution >= 0.6 is 0 Å². The number of hydrogen-bond acceptors (Lipinski definition) is 5. The Labute approximate surface area is 205 Å². The number of amides is 2. The molecule has 1 fully saturated rings. The standard InChI is InChI=1S/C27H32N2O6/c1-2-14-29(18-13-15-34-16-18)26(32)24(11-12-25(30)31)28-27(33)35-17-23-21-9-5-3-7-19(21)20-8-4-6-10-22(20)23/h3-10,18,23-24H,2,11-17H2,1H3,(H,28,33)(H,30,31). The molecule has 2 aromatic rings. The van der Waals surface area contributed by atoms with Crippen LogP contribution in [-0.2, 0) is 19.1 Å². The highest BCUT2D eigenvalue weighted by Gasteiger charge is 2.34. The first-order valence-corrected chi connectivity index (χ1v) is 12.2. The molecule has 1 aliphatic carbocycles. The summed E-state index contributed by atoms with van der Waals surface area (Å²) in [5, 5.41) is 11.8. The molecule has 2 N–H and O–H groups in total. The molecule has 35 heavy (non-hydrogen) atoms. The van der Waals surface area contributed by atoms with E-state index < -0.39 is 18.1 Å². The number of alkyl carbamates (subject to hydrolysis) is 1. The van der Waals surface area contributed by atoms with E-state index in [0.29, 0.717) is 19.8 Å². The van der Waals surface area contributed by atoms with Gasteiger partial charge in [0.15, 0.2) is 0 Å². The number of nitrogens with one attached hydrogen (secondary N) is 1. The molecule has 4 rings (SSSR count). The zero-order valence-corrected chi connectivity index (χ0v) is 19.9. The van der Waals surface area contributed by atoms with Crippen molar-refractivity contribution < 1.29 is 29.0 Å². The maximum Gasteiger partial charge on any atom is 0.407 e. The van der Waals surface area contributed by atoms with E-state index in [-0.39, 0.29) is 37.3 Å². The Morgan fingerprint density at radius 1 is 1.11 bits per heavy atom. The molecule has 0 spiro atoms. The third kappa shape index (κ3) is 5.65. The van der Waals surface area contributed by atoms with Crippen molar-refractivity contribution in [2.24, 2.45) is 0 Å². The van der Waals surface area contributed by atoms with E-state index in [1.165, 1.54) is 0 Å². The summed E-state index contributed by atoms with van der Waals surface area (Å²) in [6.07, 6.45) is 0.504. The molecule has 2 atom stereocenters. The van der Waals surface area contributed by atoms with Gasteiger partial charge in [-0.15, -0.1) is 0 Å². The fourth-order valence-corrected chi connectivity index (χ4v) is 4.99. The lowest BCUT2D eigenvalue weighted by Crippen LogP contribution is -2.52. The van der Waals surface area contributed by atoms with Crippen molar-refractivity contribution in [3.8, 4) is 11.1 Å². The van der Waals surface area contributed by atoms with Crippen LogP contribution in [0.25, 0.3) is 11.1 Å². The van der Waals surface area contributed by atoms with Crippen LogP contribution < -0.4 is 5.32 Å². The maximum absolute atomic E-state index is 13.4. The second kappa shape index (κ2) is 11.4. The Morgan fingerprint density at radius 2 is 1.77 bits per heavy atom. The van der Waals surface area contributed by atoms with Crippen molar-refractivity contribution in [2.45, 2.75) is 50.6 Å². The molecule has 0 saturated carbocycles. The fraction of sp³-hybridized carbons (Fsp3) is 0.444. The summed E-state index contributed by atoms with van der Waals surface area (Å²) in [5.74, 6) is -1.42. The van der Waals surface area contributed by atoms with E-state index in [1.54, 1.807) is 4.90 Å². The molecular weight excluding hydrogens is 448 g/mol. The number of hydrogen-bond donors (Lipinski definition) is 2. The summed E-state index contributed by atoms with van der Waals surface area (Å²) >= 11 is 0. The van der Waals surface area contributed by atoms with Gasteiger partial charge in [-0.2, -0.15) is 0 Å². The monoisotopic (exact) mass is 480 g/mol. The Bertz CT molecular complexity index is 1020. The van der Waals surface area contributed by atoms with Gasteiger partial charge in [-0.1, -0.05) is 55.5 Å². The van der Waals surface area contributed by atoms with E-state index in [1.807, 2.05) is 43.3 Å². The minimum atomic E-state index is -1.02. The fourth-order valence-electron chi connectivity index (χ4n) is 4.99. The van der Waals surface area contributed by atoms with Gasteiger partial charge in [-0.3, -0.25) is 9.59 Å². The molecule has 0 radical (unpaired) electrons. The van der Waals surface area contributed by atoms with Gasteiger partial charge in [0.25, 0.3) is 0 Å². The van der Waals surface area contributed by atoms with Gasteiger partial charge in [0, 0.05) is 25.5 Å². The number of nitrogens with zero attached hydrogens (tertiary/aromatic N) is 1. The van der Waals surface area contributed by atoms with Gasteiger partial charge in [0.2, 0.25) is 5.91 Å². The average molecular weight is 481 g/mol. The van der Waals surface area contributed by atoms with Crippen molar-refractivity contribution in [2.75, 3.05) is 26.4 Å². The first-order chi connectivity index (χ1) is 17.0. The average Bonchev–Trinajstić information content (AvgIpc) is 3.50. The molecular formula is C27H32N2O6. The zero-order valence-electron chi connectivity index (χ0n) is 19.9. The predicted octanol–water partition coefficient (Wildman–Crippen LogP) is 3.79. The number of carboxylic acid groups (broad SMARTS) is 1. The van der Waals surface area contributed by atoms with Crippen LogP contribution in [-0.4, -0.2) is 66.4 Å². The number of benzene rings is 2. The largest absolute Gasteiger partial charge is 0.481 e. The van der Waals surface area contributed by atoms with Gasteiger partial charge in [0.1, 0.15) is 12.6 Å². The molecule has 2 aromatic carbocycles. The maximum atomic E-state index is 13.4. The molecule has 8 nitrogen and oxygen atoms in total. The van der Waals surface area contributed by atoms with Crippen molar-refractivity contribution >= 4 is 18.0 Å². The first kappa shape index (κ1) is 24.7. The second-order valence-electron chi connectivity index (χ2n) is 9.00. The number of carbonyl (C=O) groups is 3. The van der Waals surface area contributed by atoms with Gasteiger partial charge < -0.3 is 24.8 Å². The Balaban J connectivity index is 1.44. The van der Waals surface area contributed by atoms with Gasteiger partial charge in [-0.25, -0.2) is 4.79 Å². The number of fused-ring (bicyclic) bond motifs is 3. The minimum Gasteiger partial charge on any atom is -0.481 e. The summed E-state index contributed by atoms with van der Waals surface area (Å²) in [5.41, 5.74) is 4.44. The molecule has 1 aliphatic heterocycles. The molecule has 0 bridgehead atoms. The van der Waals surface area contributed by atoms with Gasteiger partial charge in [0.05, 0.1) is 12.6 Å². The molecule has 2 aliphatic rings. The van der Waals surface area contributed by atoms with Crippen LogP contribution in [0.3, 0.4) is 0 Å². The molecule has 0 aromatic heterocycles. The Kier molecular flexibility index (Phi) is 8.02. The molecule has 1 saturated heterocycles. The smallest absolute Gasteiger partial charge is 0.407 e. The van der Waals surface area contributed by atoms with Gasteiger partial charge in [-0.05, 0) is 41.5 Å². The molecule has 1 heterocycles. The van der Waals surface area contributed by atoms with E-state index >= 15 is 0 Å². The van der Waals surface area contributed by atoms with E-state index in [9.17, 15) is 19.5 Å². The van der Waals surface area contributed by atoms with Gasteiger partial charge >= 0.3 is 12.1 Å². The third-order valence-corrected chi connectivity index (χ3v) is 6.67. The second-order valence-corrected chi connectivity index (χ2v) is 9.00. The van der Waals surface area contributed by atoms with Crippen LogP contribution in [0.4, 0.5) is 4.79 Å². The number of carbonyl (C=O) groups excluding carboxylic acids is 2. The summed E-state index contributed by atoms with van der Waals surface area (Å²) in [6, 6.07) is 15.0. The molecule has 2 amide bonds.